The van der Waals surface area contributed by atoms with Crippen LogP contribution in [0, 0.1) is 0 Å². The third-order valence-corrected chi connectivity index (χ3v) is 17.2. The molecule has 3 N–H and O–H groups in total. The fraction of sp³-hybridized carbons (Fsp3) is 0.654. The predicted octanol–water partition coefficient (Wildman–Crippen LogP) is 21.9. The standard InChI is InChI=1S/C81H134O17P2/c1-5-9-13-17-21-25-29-33-37-41-45-49-53-57-61-65-78(83)91-71-76(97-80(85)67-63-59-55-51-47-43-39-35-31-27-23-19-15-11-7-3)73-95-99(87,88)93-69-75(82)70-94-100(89,90)96-74-77(98-81(86)68-64-60-56-52-48-44-40-36-32-28-24-20-16-12-8-4)72-92-79(84)66-62-58-54-50-46-42-38-34-30-26-22-18-14-10-6-2/h9-11,13-15,21-23,25-27,33-35,37-39,45-47,49-51,75-77,82H,5-8,12,16-20,24,28-32,36,40-44,48,52-74H2,1-4H3,(H,87,88)(H,89,90)/b13-9-,14-10-,15-11-,25-21-,26-22-,27-23-,37-33-,38-34-,39-35-,49-45-,50-46-,51-47-. The average Bonchev–Trinajstić information content (AvgIpc) is 1.01. The average molecular weight is 1440 g/mol. The van der Waals surface area contributed by atoms with Crippen LogP contribution in [0.25, 0.3) is 0 Å². The van der Waals surface area contributed by atoms with Crippen molar-refractivity contribution in [1.29, 1.82) is 0 Å². The van der Waals surface area contributed by atoms with Crippen LogP contribution in [0.4, 0.5) is 0 Å². The molecule has 19 heteroatoms. The summed E-state index contributed by atoms with van der Waals surface area (Å²) >= 11 is 0. The lowest BCUT2D eigenvalue weighted by Crippen LogP contribution is -2.30. The second-order valence-electron chi connectivity index (χ2n) is 24.8. The molecule has 100 heavy (non-hydrogen) atoms. The van der Waals surface area contributed by atoms with Crippen molar-refractivity contribution < 1.29 is 80.2 Å². The molecule has 17 nitrogen and oxygen atoms in total. The summed E-state index contributed by atoms with van der Waals surface area (Å²) in [6, 6.07) is 0. The molecule has 5 atom stereocenters. The second kappa shape index (κ2) is 72.3. The summed E-state index contributed by atoms with van der Waals surface area (Å²) in [5.74, 6) is -2.32. The smallest absolute Gasteiger partial charge is 0.462 e. The Bertz CT molecular complexity index is 2470. The molecule has 0 aromatic carbocycles. The monoisotopic (exact) mass is 1440 g/mol. The molecule has 0 aliphatic carbocycles. The van der Waals surface area contributed by atoms with Crippen molar-refractivity contribution in [2.45, 2.75) is 303 Å². The van der Waals surface area contributed by atoms with Crippen LogP contribution in [0.1, 0.15) is 285 Å². The number of hydrogen-bond acceptors (Lipinski definition) is 15. The molecule has 0 heterocycles. The number of rotatable bonds is 70. The molecule has 0 fully saturated rings. The first-order valence-electron chi connectivity index (χ1n) is 38.1. The molecule has 0 rings (SSSR count). The summed E-state index contributed by atoms with van der Waals surface area (Å²) in [5.41, 5.74) is 0. The highest BCUT2D eigenvalue weighted by Gasteiger charge is 2.30. The number of phosphoric acid groups is 2. The SMILES string of the molecule is CC/C=C\C/C=C\C/C=C\C/C=C\CCCCC(=O)OCC(COP(=O)(O)OCC(O)COP(=O)(O)OCC(COC(=O)CCCC/C=C\C/C=C\C/C=C\C/C=C\CC)OC(=O)CCCCCCCCCCCCCCCCC)OC(=O)CCCC/C=C\C/C=C\C/C=C\C/C=C\CC. The molecule has 0 spiro atoms. The number of aliphatic hydroxyl groups is 1. The summed E-state index contributed by atoms with van der Waals surface area (Å²) in [6.45, 7) is 4.38. The second-order valence-corrected chi connectivity index (χ2v) is 27.7. The maximum Gasteiger partial charge on any atom is 0.472 e. The quantitative estimate of drug-likeness (QED) is 0.0169. The van der Waals surface area contributed by atoms with E-state index in [1.165, 1.54) is 64.2 Å². The molecule has 0 aromatic rings. The van der Waals surface area contributed by atoms with Crippen molar-refractivity contribution in [1.82, 2.24) is 0 Å². The van der Waals surface area contributed by atoms with E-state index in [2.05, 4.69) is 174 Å². The third-order valence-electron chi connectivity index (χ3n) is 15.3. The van der Waals surface area contributed by atoms with Gasteiger partial charge in [-0.15, -0.1) is 0 Å². The first kappa shape index (κ1) is 94.9. The lowest BCUT2D eigenvalue weighted by atomic mass is 10.0. The van der Waals surface area contributed by atoms with E-state index in [4.69, 9.17) is 37.0 Å². The van der Waals surface area contributed by atoms with Crippen molar-refractivity contribution in [3.05, 3.63) is 146 Å². The maximum atomic E-state index is 13.1. The number of phosphoric ester groups is 2. The first-order chi connectivity index (χ1) is 48.7. The summed E-state index contributed by atoms with van der Waals surface area (Å²) in [5, 5.41) is 10.6. The van der Waals surface area contributed by atoms with E-state index >= 15 is 0 Å². The van der Waals surface area contributed by atoms with Crippen LogP contribution in [0.2, 0.25) is 0 Å². The number of hydrogen-bond donors (Lipinski definition) is 3. The minimum Gasteiger partial charge on any atom is -0.462 e. The van der Waals surface area contributed by atoms with Crippen LogP contribution in [0.3, 0.4) is 0 Å². The summed E-state index contributed by atoms with van der Waals surface area (Å²) in [7, 11) is -9.99. The Balaban J connectivity index is 5.46. The Kier molecular flexibility index (Phi) is 68.6. The highest BCUT2D eigenvalue weighted by atomic mass is 31.2. The predicted molar refractivity (Wildman–Crippen MR) is 408 cm³/mol. The minimum absolute atomic E-state index is 0.0284. The van der Waals surface area contributed by atoms with Gasteiger partial charge in [0.05, 0.1) is 26.4 Å². The van der Waals surface area contributed by atoms with Gasteiger partial charge in [-0.2, -0.15) is 0 Å². The fourth-order valence-corrected chi connectivity index (χ4v) is 11.2. The zero-order valence-corrected chi connectivity index (χ0v) is 63.9. The molecular formula is C81H134O17P2. The van der Waals surface area contributed by atoms with Gasteiger partial charge in [-0.25, -0.2) is 9.13 Å². The fourth-order valence-electron chi connectivity index (χ4n) is 9.60. The zero-order valence-electron chi connectivity index (χ0n) is 62.1. The molecule has 0 saturated heterocycles. The van der Waals surface area contributed by atoms with Gasteiger partial charge in [0.25, 0.3) is 0 Å². The van der Waals surface area contributed by atoms with E-state index in [1.807, 2.05) is 0 Å². The molecule has 5 unspecified atom stereocenters. The van der Waals surface area contributed by atoms with Crippen molar-refractivity contribution >= 4 is 39.5 Å². The van der Waals surface area contributed by atoms with Gasteiger partial charge in [0.15, 0.2) is 12.2 Å². The van der Waals surface area contributed by atoms with Crippen LogP contribution in [-0.4, -0.2) is 96.7 Å². The van der Waals surface area contributed by atoms with Gasteiger partial charge in [0, 0.05) is 25.7 Å². The van der Waals surface area contributed by atoms with Gasteiger partial charge in [0.2, 0.25) is 0 Å². The minimum atomic E-state index is -5.00. The number of esters is 4. The lowest BCUT2D eigenvalue weighted by molar-refractivity contribution is -0.161. The van der Waals surface area contributed by atoms with E-state index in [0.717, 1.165) is 135 Å². The van der Waals surface area contributed by atoms with Crippen molar-refractivity contribution in [2.75, 3.05) is 39.6 Å². The lowest BCUT2D eigenvalue weighted by Gasteiger charge is -2.21. The molecular weight excluding hydrogens is 1310 g/mol. The highest BCUT2D eigenvalue weighted by molar-refractivity contribution is 7.47. The van der Waals surface area contributed by atoms with Gasteiger partial charge in [-0.3, -0.25) is 37.3 Å². The van der Waals surface area contributed by atoms with Crippen LogP contribution >= 0.6 is 15.6 Å². The topological polar surface area (TPSA) is 237 Å². The molecule has 0 radical (unpaired) electrons. The van der Waals surface area contributed by atoms with Gasteiger partial charge in [-0.1, -0.05) is 263 Å². The first-order valence-corrected chi connectivity index (χ1v) is 41.1. The Morgan fingerprint density at radius 2 is 0.520 bits per heavy atom. The summed E-state index contributed by atoms with van der Waals surface area (Å²) in [4.78, 5) is 72.8. The van der Waals surface area contributed by atoms with E-state index < -0.39 is 97.5 Å². The molecule has 0 amide bonds. The largest absolute Gasteiger partial charge is 0.472 e. The number of carbonyl (C=O) groups is 4. The van der Waals surface area contributed by atoms with Crippen LogP contribution < -0.4 is 0 Å². The van der Waals surface area contributed by atoms with Crippen LogP contribution in [-0.2, 0) is 65.4 Å². The normalized spacial score (nSPS) is 14.8. The van der Waals surface area contributed by atoms with Crippen molar-refractivity contribution in [2.24, 2.45) is 0 Å². The van der Waals surface area contributed by atoms with Gasteiger partial charge in [0.1, 0.15) is 19.3 Å². The number of unbranched alkanes of at least 4 members (excludes halogenated alkanes) is 20. The zero-order chi connectivity index (χ0) is 73.2. The van der Waals surface area contributed by atoms with E-state index in [9.17, 15) is 43.2 Å². The van der Waals surface area contributed by atoms with Crippen molar-refractivity contribution in [3.8, 4) is 0 Å². The molecule has 0 aromatic heterocycles. The number of ether oxygens (including phenoxy) is 4. The van der Waals surface area contributed by atoms with E-state index in [1.54, 1.807) is 0 Å². The molecule has 0 aliphatic rings. The Labute approximate surface area is 605 Å². The van der Waals surface area contributed by atoms with Crippen molar-refractivity contribution in [3.63, 3.8) is 0 Å². The maximum absolute atomic E-state index is 13.1. The molecule has 0 aliphatic heterocycles. The molecule has 0 saturated carbocycles. The van der Waals surface area contributed by atoms with Gasteiger partial charge >= 0.3 is 39.5 Å². The van der Waals surface area contributed by atoms with Gasteiger partial charge < -0.3 is 33.8 Å². The number of allylic oxidation sites excluding steroid dienone is 24. The third kappa shape index (κ3) is 71.3. The highest BCUT2D eigenvalue weighted by Crippen LogP contribution is 2.45. The molecule has 570 valence electrons. The van der Waals surface area contributed by atoms with Crippen LogP contribution in [0.5, 0.6) is 0 Å². The Morgan fingerprint density at radius 3 is 0.800 bits per heavy atom. The number of aliphatic hydroxyl groups excluding tert-OH is 1. The number of carbonyl (C=O) groups excluding carboxylic acids is 4. The summed E-state index contributed by atoms with van der Waals surface area (Å²) in [6.07, 6.45) is 81.4. The Morgan fingerprint density at radius 1 is 0.290 bits per heavy atom. The Hall–Kier alpha value is -5.06. The summed E-state index contributed by atoms with van der Waals surface area (Å²) < 4.78 is 68.4. The molecule has 0 bridgehead atoms. The van der Waals surface area contributed by atoms with Gasteiger partial charge in [-0.05, 0) is 141 Å². The van der Waals surface area contributed by atoms with Crippen LogP contribution in [0.15, 0.2) is 146 Å². The van der Waals surface area contributed by atoms with E-state index in [-0.39, 0.29) is 25.7 Å². The van der Waals surface area contributed by atoms with E-state index in [0.29, 0.717) is 32.1 Å².